The molecule has 1 aliphatic rings. The summed E-state index contributed by atoms with van der Waals surface area (Å²) in [7, 11) is 0. The average Bonchev–Trinajstić information content (AvgIpc) is 2.57. The lowest BCUT2D eigenvalue weighted by Gasteiger charge is -2.36. The normalized spacial score (nSPS) is 17.5. The smallest absolute Gasteiger partial charge is 0.254 e. The van der Waals surface area contributed by atoms with Gasteiger partial charge >= 0.3 is 0 Å². The van der Waals surface area contributed by atoms with Gasteiger partial charge in [0.15, 0.2) is 0 Å². The molecule has 0 bridgehead atoms. The molecule has 2 heterocycles. The van der Waals surface area contributed by atoms with E-state index >= 15 is 0 Å². The summed E-state index contributed by atoms with van der Waals surface area (Å²) < 4.78 is 13.7. The van der Waals surface area contributed by atoms with Crippen LogP contribution in [0.5, 0.6) is 0 Å². The third kappa shape index (κ3) is 3.68. The number of carbonyl (C=O) groups excluding carboxylic acids is 1. The van der Waals surface area contributed by atoms with E-state index in [1.807, 2.05) is 12.1 Å². The van der Waals surface area contributed by atoms with Gasteiger partial charge in [0.1, 0.15) is 5.82 Å². The first-order valence-electron chi connectivity index (χ1n) is 7.34. The van der Waals surface area contributed by atoms with Gasteiger partial charge in [0.25, 0.3) is 5.91 Å². The number of amides is 1. The SMILES string of the molecule is Cc1ccc(C(=O)N2CCNCC2c2cccnc2)cc1F.Cl. The number of hydrogen-bond acceptors (Lipinski definition) is 3. The summed E-state index contributed by atoms with van der Waals surface area (Å²) in [4.78, 5) is 18.7. The van der Waals surface area contributed by atoms with E-state index in [0.717, 1.165) is 12.1 Å². The van der Waals surface area contributed by atoms with Crippen molar-refractivity contribution < 1.29 is 9.18 Å². The standard InChI is InChI=1S/C17H18FN3O.ClH/c1-12-4-5-13(9-15(12)18)17(22)21-8-7-20-11-16(21)14-3-2-6-19-10-14;/h2-6,9-10,16,20H,7-8,11H2,1H3;1H. The highest BCUT2D eigenvalue weighted by atomic mass is 35.5. The molecule has 122 valence electrons. The Kier molecular flexibility index (Phi) is 5.69. The van der Waals surface area contributed by atoms with Crippen molar-refractivity contribution in [2.24, 2.45) is 0 Å². The fourth-order valence-corrected chi connectivity index (χ4v) is 2.71. The van der Waals surface area contributed by atoms with E-state index in [2.05, 4.69) is 10.3 Å². The van der Waals surface area contributed by atoms with Gasteiger partial charge < -0.3 is 10.2 Å². The van der Waals surface area contributed by atoms with Gasteiger partial charge in [-0.1, -0.05) is 12.1 Å². The Balaban J connectivity index is 0.00000192. The molecule has 1 aromatic carbocycles. The Morgan fingerprint density at radius 3 is 2.91 bits per heavy atom. The summed E-state index contributed by atoms with van der Waals surface area (Å²) in [6, 6.07) is 8.38. The molecule has 0 spiro atoms. The molecular weight excluding hydrogens is 317 g/mol. The molecule has 1 aliphatic heterocycles. The third-order valence-corrected chi connectivity index (χ3v) is 3.99. The summed E-state index contributed by atoms with van der Waals surface area (Å²) in [5, 5.41) is 3.29. The van der Waals surface area contributed by atoms with Crippen LogP contribution in [0.15, 0.2) is 42.7 Å². The van der Waals surface area contributed by atoms with Crippen LogP contribution < -0.4 is 5.32 Å². The van der Waals surface area contributed by atoms with Crippen LogP contribution in [0.4, 0.5) is 4.39 Å². The molecule has 2 aromatic rings. The Morgan fingerprint density at radius 2 is 2.22 bits per heavy atom. The lowest BCUT2D eigenvalue weighted by molar-refractivity contribution is 0.0633. The van der Waals surface area contributed by atoms with Crippen molar-refractivity contribution in [3.05, 3.63) is 65.2 Å². The fraction of sp³-hybridized carbons (Fsp3) is 0.294. The minimum Gasteiger partial charge on any atom is -0.329 e. The molecule has 1 amide bonds. The Hall–Kier alpha value is -1.98. The number of aromatic nitrogens is 1. The molecule has 4 nitrogen and oxygen atoms in total. The molecule has 1 aromatic heterocycles. The third-order valence-electron chi connectivity index (χ3n) is 3.99. The lowest BCUT2D eigenvalue weighted by atomic mass is 10.0. The Labute approximate surface area is 141 Å². The van der Waals surface area contributed by atoms with Crippen LogP contribution in [-0.4, -0.2) is 35.4 Å². The molecule has 1 N–H and O–H groups in total. The first-order chi connectivity index (χ1) is 10.7. The summed E-state index contributed by atoms with van der Waals surface area (Å²) in [5.74, 6) is -0.492. The summed E-state index contributed by atoms with van der Waals surface area (Å²) in [5.41, 5.74) is 1.91. The second-order valence-electron chi connectivity index (χ2n) is 5.47. The summed E-state index contributed by atoms with van der Waals surface area (Å²) in [6.07, 6.45) is 3.48. The lowest BCUT2D eigenvalue weighted by Crippen LogP contribution is -2.48. The zero-order chi connectivity index (χ0) is 15.5. The van der Waals surface area contributed by atoms with Gasteiger partial charge in [-0.25, -0.2) is 4.39 Å². The predicted molar refractivity (Wildman–Crippen MR) is 89.3 cm³/mol. The van der Waals surface area contributed by atoms with Gasteiger partial charge in [0.05, 0.1) is 6.04 Å². The van der Waals surface area contributed by atoms with Gasteiger partial charge in [-0.3, -0.25) is 9.78 Å². The first kappa shape index (κ1) is 17.4. The van der Waals surface area contributed by atoms with Crippen molar-refractivity contribution in [2.45, 2.75) is 13.0 Å². The highest BCUT2D eigenvalue weighted by Crippen LogP contribution is 2.24. The monoisotopic (exact) mass is 335 g/mol. The zero-order valence-corrected chi connectivity index (χ0v) is 13.6. The fourth-order valence-electron chi connectivity index (χ4n) is 2.71. The average molecular weight is 336 g/mol. The number of hydrogen-bond donors (Lipinski definition) is 1. The van der Waals surface area contributed by atoms with Crippen LogP contribution in [0, 0.1) is 12.7 Å². The van der Waals surface area contributed by atoms with Crippen molar-refractivity contribution in [3.8, 4) is 0 Å². The topological polar surface area (TPSA) is 45.2 Å². The maximum Gasteiger partial charge on any atom is 0.254 e. The molecule has 1 saturated heterocycles. The van der Waals surface area contributed by atoms with E-state index in [4.69, 9.17) is 0 Å². The maximum atomic E-state index is 13.7. The number of benzene rings is 1. The minimum absolute atomic E-state index is 0. The Bertz CT molecular complexity index is 681. The van der Waals surface area contributed by atoms with Gasteiger partial charge in [-0.15, -0.1) is 12.4 Å². The van der Waals surface area contributed by atoms with Gasteiger partial charge in [-0.05, 0) is 36.2 Å². The molecule has 1 atom stereocenters. The highest BCUT2D eigenvalue weighted by molar-refractivity contribution is 5.94. The van der Waals surface area contributed by atoms with Crippen molar-refractivity contribution >= 4 is 18.3 Å². The molecule has 0 radical (unpaired) electrons. The largest absolute Gasteiger partial charge is 0.329 e. The molecule has 6 heteroatoms. The van der Waals surface area contributed by atoms with Crippen molar-refractivity contribution in [1.82, 2.24) is 15.2 Å². The molecule has 1 unspecified atom stereocenters. The van der Waals surface area contributed by atoms with E-state index < -0.39 is 0 Å². The van der Waals surface area contributed by atoms with E-state index in [-0.39, 0.29) is 30.2 Å². The van der Waals surface area contributed by atoms with Crippen molar-refractivity contribution in [3.63, 3.8) is 0 Å². The van der Waals surface area contributed by atoms with Gasteiger partial charge in [0.2, 0.25) is 0 Å². The molecule has 23 heavy (non-hydrogen) atoms. The number of pyridine rings is 1. The molecule has 0 aliphatic carbocycles. The van der Waals surface area contributed by atoms with Crippen LogP contribution in [0.25, 0.3) is 0 Å². The van der Waals surface area contributed by atoms with E-state index in [0.29, 0.717) is 24.2 Å². The molecule has 0 saturated carbocycles. The highest BCUT2D eigenvalue weighted by Gasteiger charge is 2.28. The second kappa shape index (κ2) is 7.53. The number of nitrogens with zero attached hydrogens (tertiary/aromatic N) is 2. The van der Waals surface area contributed by atoms with Crippen molar-refractivity contribution in [2.75, 3.05) is 19.6 Å². The molecule has 1 fully saturated rings. The van der Waals surface area contributed by atoms with Crippen LogP contribution in [-0.2, 0) is 0 Å². The predicted octanol–water partition coefficient (Wildman–Crippen LogP) is 2.74. The number of carbonyl (C=O) groups is 1. The van der Waals surface area contributed by atoms with E-state index in [1.165, 1.54) is 6.07 Å². The van der Waals surface area contributed by atoms with Crippen LogP contribution in [0.1, 0.15) is 27.5 Å². The number of halogens is 2. The molecular formula is C17H19ClFN3O. The Morgan fingerprint density at radius 1 is 1.39 bits per heavy atom. The summed E-state index contributed by atoms with van der Waals surface area (Å²) in [6.45, 7) is 3.68. The number of aryl methyl sites for hydroxylation is 1. The quantitative estimate of drug-likeness (QED) is 0.918. The van der Waals surface area contributed by atoms with Crippen molar-refractivity contribution in [1.29, 1.82) is 0 Å². The van der Waals surface area contributed by atoms with E-state index in [9.17, 15) is 9.18 Å². The molecule has 3 rings (SSSR count). The number of nitrogens with one attached hydrogen (secondary N) is 1. The zero-order valence-electron chi connectivity index (χ0n) is 12.8. The summed E-state index contributed by atoms with van der Waals surface area (Å²) >= 11 is 0. The maximum absolute atomic E-state index is 13.7. The van der Waals surface area contributed by atoms with Crippen LogP contribution in [0.3, 0.4) is 0 Å². The van der Waals surface area contributed by atoms with Gasteiger partial charge in [-0.2, -0.15) is 0 Å². The minimum atomic E-state index is -0.348. The number of piperazine rings is 1. The van der Waals surface area contributed by atoms with Crippen LogP contribution >= 0.6 is 12.4 Å². The van der Waals surface area contributed by atoms with Gasteiger partial charge in [0, 0.05) is 37.6 Å². The first-order valence-corrected chi connectivity index (χ1v) is 7.34. The van der Waals surface area contributed by atoms with E-state index in [1.54, 1.807) is 36.4 Å². The van der Waals surface area contributed by atoms with Crippen LogP contribution in [0.2, 0.25) is 0 Å². The second-order valence-corrected chi connectivity index (χ2v) is 5.47. The number of rotatable bonds is 2.